The zero-order chi connectivity index (χ0) is 17.8. The van der Waals surface area contributed by atoms with E-state index in [2.05, 4.69) is 10.5 Å². The van der Waals surface area contributed by atoms with E-state index >= 15 is 0 Å². The standard InChI is InChI=1S/C19H18N2O4S/c22-19(18-10-23-16-6-1-2-7-17(16)25-18)21-20-9-13-4-3-5-14(8-13)24-15-11-26-12-15/h1-9,15,18H,10-12H2,(H,21,22)/b20-9-/t18-/m0/s1. The van der Waals surface area contributed by atoms with Gasteiger partial charge in [-0.3, -0.25) is 4.79 Å². The number of hydrogen-bond acceptors (Lipinski definition) is 6. The van der Waals surface area contributed by atoms with Crippen LogP contribution in [0.1, 0.15) is 5.56 Å². The minimum absolute atomic E-state index is 0.154. The highest BCUT2D eigenvalue weighted by Gasteiger charge is 2.27. The maximum atomic E-state index is 12.2. The molecule has 26 heavy (non-hydrogen) atoms. The second-order valence-electron chi connectivity index (χ2n) is 5.95. The van der Waals surface area contributed by atoms with E-state index in [0.29, 0.717) is 17.6 Å². The molecule has 6 nitrogen and oxygen atoms in total. The normalized spacial score (nSPS) is 19.0. The van der Waals surface area contributed by atoms with Gasteiger partial charge in [0.25, 0.3) is 5.91 Å². The first-order valence-electron chi connectivity index (χ1n) is 8.34. The molecule has 1 atom stereocenters. The molecule has 1 fully saturated rings. The van der Waals surface area contributed by atoms with Crippen LogP contribution >= 0.6 is 11.8 Å². The molecule has 2 aliphatic heterocycles. The van der Waals surface area contributed by atoms with Crippen molar-refractivity contribution in [2.75, 3.05) is 18.1 Å². The highest BCUT2D eigenvalue weighted by atomic mass is 32.2. The van der Waals surface area contributed by atoms with Gasteiger partial charge in [0, 0.05) is 11.5 Å². The molecule has 1 N–H and O–H groups in total. The van der Waals surface area contributed by atoms with Crippen LogP contribution in [0.4, 0.5) is 0 Å². The van der Waals surface area contributed by atoms with E-state index in [0.717, 1.165) is 22.8 Å². The van der Waals surface area contributed by atoms with E-state index in [-0.39, 0.29) is 12.5 Å². The molecule has 2 aliphatic rings. The molecule has 2 aromatic carbocycles. The van der Waals surface area contributed by atoms with Crippen molar-refractivity contribution < 1.29 is 19.0 Å². The number of para-hydroxylation sites is 2. The average Bonchev–Trinajstić information content (AvgIpc) is 2.64. The van der Waals surface area contributed by atoms with Gasteiger partial charge in [0.1, 0.15) is 18.5 Å². The monoisotopic (exact) mass is 370 g/mol. The molecule has 0 saturated carbocycles. The molecule has 4 rings (SSSR count). The van der Waals surface area contributed by atoms with Crippen LogP contribution in [0.3, 0.4) is 0 Å². The summed E-state index contributed by atoms with van der Waals surface area (Å²) in [6.07, 6.45) is 1.14. The zero-order valence-electron chi connectivity index (χ0n) is 14.0. The lowest BCUT2D eigenvalue weighted by atomic mass is 10.2. The minimum atomic E-state index is -0.729. The lowest BCUT2D eigenvalue weighted by molar-refractivity contribution is -0.130. The Balaban J connectivity index is 1.32. The molecule has 0 aliphatic carbocycles. The Hall–Kier alpha value is -2.67. The first kappa shape index (κ1) is 16.8. The Morgan fingerprint density at radius 2 is 2.04 bits per heavy atom. The number of ether oxygens (including phenoxy) is 3. The molecule has 2 heterocycles. The summed E-state index contributed by atoms with van der Waals surface area (Å²) in [4.78, 5) is 12.2. The van der Waals surface area contributed by atoms with Crippen LogP contribution in [0.25, 0.3) is 0 Å². The maximum absolute atomic E-state index is 12.2. The molecular weight excluding hydrogens is 352 g/mol. The fraction of sp³-hybridized carbons (Fsp3) is 0.263. The number of carbonyl (C=O) groups is 1. The topological polar surface area (TPSA) is 69.2 Å². The maximum Gasteiger partial charge on any atom is 0.284 e. The Morgan fingerprint density at radius 1 is 1.19 bits per heavy atom. The zero-order valence-corrected chi connectivity index (χ0v) is 14.8. The van der Waals surface area contributed by atoms with Crippen LogP contribution in [0.15, 0.2) is 53.6 Å². The fourth-order valence-electron chi connectivity index (χ4n) is 2.53. The number of hydrogen-bond donors (Lipinski definition) is 1. The molecule has 134 valence electrons. The van der Waals surface area contributed by atoms with Crippen molar-refractivity contribution in [3.8, 4) is 17.2 Å². The first-order chi connectivity index (χ1) is 12.8. The van der Waals surface area contributed by atoms with Crippen LogP contribution in [0.2, 0.25) is 0 Å². The Labute approximate surface area is 155 Å². The van der Waals surface area contributed by atoms with E-state index in [9.17, 15) is 4.79 Å². The largest absolute Gasteiger partial charge is 0.489 e. The lowest BCUT2D eigenvalue weighted by Gasteiger charge is -2.25. The van der Waals surface area contributed by atoms with E-state index in [1.54, 1.807) is 18.3 Å². The summed E-state index contributed by atoms with van der Waals surface area (Å²) in [5, 5.41) is 4.01. The summed E-state index contributed by atoms with van der Waals surface area (Å²) in [5.74, 6) is 3.71. The summed E-state index contributed by atoms with van der Waals surface area (Å²) in [6.45, 7) is 0.154. The Bertz CT molecular complexity index is 823. The number of rotatable bonds is 5. The van der Waals surface area contributed by atoms with Gasteiger partial charge in [-0.15, -0.1) is 0 Å². The van der Waals surface area contributed by atoms with Gasteiger partial charge < -0.3 is 14.2 Å². The molecule has 2 aromatic rings. The van der Waals surface area contributed by atoms with Crippen molar-refractivity contribution in [3.05, 3.63) is 54.1 Å². The molecule has 1 amide bonds. The van der Waals surface area contributed by atoms with Gasteiger partial charge in [-0.2, -0.15) is 16.9 Å². The summed E-state index contributed by atoms with van der Waals surface area (Å²) >= 11 is 1.87. The number of amides is 1. The fourth-order valence-corrected chi connectivity index (χ4v) is 3.10. The van der Waals surface area contributed by atoms with Crippen molar-refractivity contribution in [1.29, 1.82) is 0 Å². The summed E-state index contributed by atoms with van der Waals surface area (Å²) < 4.78 is 17.0. The van der Waals surface area contributed by atoms with Gasteiger partial charge in [0.2, 0.25) is 6.10 Å². The van der Waals surface area contributed by atoms with Crippen LogP contribution < -0.4 is 19.6 Å². The second-order valence-corrected chi connectivity index (χ2v) is 7.02. The minimum Gasteiger partial charge on any atom is -0.489 e. The van der Waals surface area contributed by atoms with Crippen molar-refractivity contribution in [3.63, 3.8) is 0 Å². The average molecular weight is 370 g/mol. The molecule has 1 saturated heterocycles. The molecule has 0 bridgehead atoms. The Kier molecular flexibility index (Phi) is 4.97. The molecule has 0 unspecified atom stereocenters. The van der Waals surface area contributed by atoms with E-state index in [1.165, 1.54) is 0 Å². The van der Waals surface area contributed by atoms with Gasteiger partial charge in [-0.1, -0.05) is 24.3 Å². The summed E-state index contributed by atoms with van der Waals surface area (Å²) in [5.41, 5.74) is 3.34. The molecule has 0 spiro atoms. The number of carbonyl (C=O) groups excluding carboxylic acids is 1. The number of thioether (sulfide) groups is 1. The van der Waals surface area contributed by atoms with Gasteiger partial charge in [-0.05, 0) is 29.8 Å². The highest BCUT2D eigenvalue weighted by molar-refractivity contribution is 8.00. The van der Waals surface area contributed by atoms with Crippen LogP contribution in [0.5, 0.6) is 17.2 Å². The first-order valence-corrected chi connectivity index (χ1v) is 9.49. The van der Waals surface area contributed by atoms with E-state index in [1.807, 2.05) is 48.2 Å². The highest BCUT2D eigenvalue weighted by Crippen LogP contribution is 2.30. The number of benzene rings is 2. The van der Waals surface area contributed by atoms with Crippen LogP contribution in [-0.4, -0.2) is 42.4 Å². The van der Waals surface area contributed by atoms with Crippen LogP contribution in [0, 0.1) is 0 Å². The molecule has 0 radical (unpaired) electrons. The predicted molar refractivity (Wildman–Crippen MR) is 100 cm³/mol. The number of nitrogens with one attached hydrogen (secondary N) is 1. The predicted octanol–water partition coefficient (Wildman–Crippen LogP) is 2.47. The van der Waals surface area contributed by atoms with Crippen molar-refractivity contribution in [2.24, 2.45) is 5.10 Å². The SMILES string of the molecule is O=C(N/N=C\c1cccc(OC2CSC2)c1)[C@@H]1COc2ccccc2O1. The van der Waals surface area contributed by atoms with Crippen molar-refractivity contribution in [1.82, 2.24) is 5.43 Å². The van der Waals surface area contributed by atoms with Crippen LogP contribution in [-0.2, 0) is 4.79 Å². The van der Waals surface area contributed by atoms with E-state index in [4.69, 9.17) is 14.2 Å². The van der Waals surface area contributed by atoms with Gasteiger partial charge in [-0.25, -0.2) is 5.43 Å². The molecular formula is C19H18N2O4S. The summed E-state index contributed by atoms with van der Waals surface area (Å²) in [6, 6.07) is 14.9. The number of hydrazone groups is 1. The third-order valence-corrected chi connectivity index (χ3v) is 5.17. The van der Waals surface area contributed by atoms with Gasteiger partial charge in [0.05, 0.1) is 6.21 Å². The van der Waals surface area contributed by atoms with E-state index < -0.39 is 6.10 Å². The smallest absolute Gasteiger partial charge is 0.284 e. The molecule has 0 aromatic heterocycles. The summed E-state index contributed by atoms with van der Waals surface area (Å²) in [7, 11) is 0. The Morgan fingerprint density at radius 3 is 2.85 bits per heavy atom. The van der Waals surface area contributed by atoms with Gasteiger partial charge >= 0.3 is 0 Å². The van der Waals surface area contributed by atoms with Crippen molar-refractivity contribution in [2.45, 2.75) is 12.2 Å². The number of fused-ring (bicyclic) bond motifs is 1. The lowest BCUT2D eigenvalue weighted by Crippen LogP contribution is -2.42. The molecule has 7 heteroatoms. The third kappa shape index (κ3) is 3.94. The quantitative estimate of drug-likeness (QED) is 0.647. The van der Waals surface area contributed by atoms with Gasteiger partial charge in [0.15, 0.2) is 11.5 Å². The van der Waals surface area contributed by atoms with Crippen molar-refractivity contribution >= 4 is 23.9 Å². The number of nitrogens with zero attached hydrogens (tertiary/aromatic N) is 1. The second kappa shape index (κ2) is 7.70. The third-order valence-electron chi connectivity index (χ3n) is 3.96.